The molecule has 2 amide bonds. The number of hydrogen-bond acceptors (Lipinski definition) is 5. The van der Waals surface area contributed by atoms with Gasteiger partial charge in [-0.3, -0.25) is 19.9 Å². The highest BCUT2D eigenvalue weighted by atomic mass is 32.1. The highest BCUT2D eigenvalue weighted by molar-refractivity contribution is 7.14. The smallest absolute Gasteiger partial charge is 0.260 e. The van der Waals surface area contributed by atoms with Gasteiger partial charge in [-0.15, -0.1) is 11.3 Å². The molecule has 0 aliphatic heterocycles. The summed E-state index contributed by atoms with van der Waals surface area (Å²) >= 11 is 1.18. The van der Waals surface area contributed by atoms with E-state index in [9.17, 15) is 14.0 Å². The van der Waals surface area contributed by atoms with Gasteiger partial charge in [-0.05, 0) is 31.2 Å². The number of carbonyl (C=O) groups excluding carboxylic acids is 2. The average Bonchev–Trinajstić information content (AvgIpc) is 3.09. The van der Waals surface area contributed by atoms with Crippen LogP contribution in [0.5, 0.6) is 0 Å². The van der Waals surface area contributed by atoms with Crippen molar-refractivity contribution in [1.29, 1.82) is 0 Å². The minimum Gasteiger partial charge on any atom is -0.348 e. The summed E-state index contributed by atoms with van der Waals surface area (Å²) in [5.41, 5.74) is 1.23. The van der Waals surface area contributed by atoms with E-state index in [0.29, 0.717) is 10.8 Å². The SMILES string of the molecule is CC(NC(=O)Cc1csc(NC(=O)c2ccccc2F)n1)c1ccccn1. The predicted molar refractivity (Wildman–Crippen MR) is 101 cm³/mol. The summed E-state index contributed by atoms with van der Waals surface area (Å²) < 4.78 is 13.6. The monoisotopic (exact) mass is 384 g/mol. The topological polar surface area (TPSA) is 84.0 Å². The number of nitrogens with one attached hydrogen (secondary N) is 2. The van der Waals surface area contributed by atoms with Crippen molar-refractivity contribution in [2.75, 3.05) is 5.32 Å². The molecular weight excluding hydrogens is 367 g/mol. The zero-order valence-corrected chi connectivity index (χ0v) is 15.3. The van der Waals surface area contributed by atoms with Gasteiger partial charge in [-0.2, -0.15) is 0 Å². The molecule has 27 heavy (non-hydrogen) atoms. The number of thiazole rings is 1. The molecule has 1 atom stereocenters. The molecule has 0 bridgehead atoms. The molecule has 0 radical (unpaired) electrons. The van der Waals surface area contributed by atoms with Gasteiger partial charge in [0.25, 0.3) is 5.91 Å². The molecule has 6 nitrogen and oxygen atoms in total. The van der Waals surface area contributed by atoms with E-state index >= 15 is 0 Å². The molecule has 0 fully saturated rings. The number of benzene rings is 1. The minimum atomic E-state index is -0.602. The van der Waals surface area contributed by atoms with Crippen LogP contribution in [0.3, 0.4) is 0 Å². The number of aromatic nitrogens is 2. The first kappa shape index (κ1) is 18.7. The molecule has 3 aromatic rings. The lowest BCUT2D eigenvalue weighted by Crippen LogP contribution is -2.28. The van der Waals surface area contributed by atoms with Crippen LogP contribution in [0.25, 0.3) is 0 Å². The quantitative estimate of drug-likeness (QED) is 0.683. The highest BCUT2D eigenvalue weighted by Gasteiger charge is 2.15. The van der Waals surface area contributed by atoms with E-state index in [2.05, 4.69) is 20.6 Å². The molecule has 2 N–H and O–H groups in total. The maximum atomic E-state index is 13.6. The first-order valence-corrected chi connectivity index (χ1v) is 9.11. The summed E-state index contributed by atoms with van der Waals surface area (Å²) in [5, 5.41) is 7.39. The first-order chi connectivity index (χ1) is 13.0. The second-order valence-corrected chi connectivity index (χ2v) is 6.66. The van der Waals surface area contributed by atoms with Gasteiger partial charge in [0.05, 0.1) is 29.4 Å². The zero-order chi connectivity index (χ0) is 19.2. The maximum Gasteiger partial charge on any atom is 0.260 e. The Morgan fingerprint density at radius 2 is 1.96 bits per heavy atom. The van der Waals surface area contributed by atoms with Crippen molar-refractivity contribution < 1.29 is 14.0 Å². The van der Waals surface area contributed by atoms with Crippen molar-refractivity contribution in [3.63, 3.8) is 0 Å². The van der Waals surface area contributed by atoms with E-state index in [1.165, 1.54) is 29.5 Å². The summed E-state index contributed by atoms with van der Waals surface area (Å²) in [5.74, 6) is -1.39. The normalized spacial score (nSPS) is 11.6. The second kappa shape index (κ2) is 8.50. The molecule has 138 valence electrons. The van der Waals surface area contributed by atoms with Crippen molar-refractivity contribution in [3.05, 3.63) is 76.8 Å². The number of rotatable bonds is 6. The molecule has 0 saturated heterocycles. The molecule has 0 aliphatic rings. The Kier molecular flexibility index (Phi) is 5.87. The van der Waals surface area contributed by atoms with E-state index < -0.39 is 11.7 Å². The fraction of sp³-hybridized carbons (Fsp3) is 0.158. The van der Waals surface area contributed by atoms with Gasteiger partial charge >= 0.3 is 0 Å². The molecule has 0 aliphatic carbocycles. The summed E-state index contributed by atoms with van der Waals surface area (Å²) in [7, 11) is 0. The standard InChI is InChI=1S/C19H17FN4O2S/c1-12(16-8-4-5-9-21-16)22-17(25)10-13-11-27-19(23-13)24-18(26)14-6-2-3-7-15(14)20/h2-9,11-12H,10H2,1H3,(H,22,25)(H,23,24,26). The Hall–Kier alpha value is -3.13. The second-order valence-electron chi connectivity index (χ2n) is 5.80. The lowest BCUT2D eigenvalue weighted by atomic mass is 10.2. The Balaban J connectivity index is 1.57. The lowest BCUT2D eigenvalue weighted by Gasteiger charge is -2.12. The number of pyridine rings is 1. The third-order valence-electron chi connectivity index (χ3n) is 3.74. The van der Waals surface area contributed by atoms with Crippen molar-refractivity contribution >= 4 is 28.3 Å². The van der Waals surface area contributed by atoms with Gasteiger partial charge < -0.3 is 5.32 Å². The largest absolute Gasteiger partial charge is 0.348 e. The minimum absolute atomic E-state index is 0.0591. The Morgan fingerprint density at radius 1 is 1.19 bits per heavy atom. The number of halogens is 1. The predicted octanol–water partition coefficient (Wildman–Crippen LogP) is 3.35. The van der Waals surface area contributed by atoms with E-state index in [-0.39, 0.29) is 23.9 Å². The van der Waals surface area contributed by atoms with Crippen LogP contribution in [-0.4, -0.2) is 21.8 Å². The Labute approximate surface area is 159 Å². The molecule has 3 rings (SSSR count). The van der Waals surface area contributed by atoms with Crippen molar-refractivity contribution in [1.82, 2.24) is 15.3 Å². The van der Waals surface area contributed by atoms with Gasteiger partial charge in [0.2, 0.25) is 5.91 Å². The highest BCUT2D eigenvalue weighted by Crippen LogP contribution is 2.18. The Bertz CT molecular complexity index is 946. The van der Waals surface area contributed by atoms with Gasteiger partial charge in [0.1, 0.15) is 5.82 Å². The van der Waals surface area contributed by atoms with Crippen molar-refractivity contribution in [3.8, 4) is 0 Å². The molecule has 8 heteroatoms. The third kappa shape index (κ3) is 4.95. The zero-order valence-electron chi connectivity index (χ0n) is 14.5. The molecule has 1 unspecified atom stereocenters. The van der Waals surface area contributed by atoms with Crippen LogP contribution in [0.15, 0.2) is 54.0 Å². The molecule has 0 spiro atoms. The van der Waals surface area contributed by atoms with Crippen LogP contribution in [0.4, 0.5) is 9.52 Å². The Morgan fingerprint density at radius 3 is 2.70 bits per heavy atom. The van der Waals surface area contributed by atoms with Crippen LogP contribution in [-0.2, 0) is 11.2 Å². The van der Waals surface area contributed by atoms with Gasteiger partial charge in [-0.25, -0.2) is 9.37 Å². The number of amides is 2. The summed E-state index contributed by atoms with van der Waals surface area (Å²) in [4.78, 5) is 32.7. The fourth-order valence-corrected chi connectivity index (χ4v) is 3.12. The van der Waals surface area contributed by atoms with Crippen molar-refractivity contribution in [2.24, 2.45) is 0 Å². The molecule has 1 aromatic carbocycles. The molecule has 0 saturated carbocycles. The van der Waals surface area contributed by atoms with Crippen LogP contribution < -0.4 is 10.6 Å². The van der Waals surface area contributed by atoms with E-state index in [1.807, 2.05) is 25.1 Å². The summed E-state index contributed by atoms with van der Waals surface area (Å²) in [6.45, 7) is 1.85. The van der Waals surface area contributed by atoms with Gasteiger partial charge in [-0.1, -0.05) is 18.2 Å². The number of carbonyl (C=O) groups is 2. The summed E-state index contributed by atoms with van der Waals surface area (Å²) in [6.07, 6.45) is 1.74. The van der Waals surface area contributed by atoms with Crippen LogP contribution in [0.2, 0.25) is 0 Å². The fourth-order valence-electron chi connectivity index (χ4n) is 2.42. The van der Waals surface area contributed by atoms with Crippen LogP contribution >= 0.6 is 11.3 Å². The third-order valence-corrected chi connectivity index (χ3v) is 4.55. The molecule has 2 aromatic heterocycles. The van der Waals surface area contributed by atoms with Gasteiger partial charge in [0, 0.05) is 11.6 Å². The molecule has 2 heterocycles. The maximum absolute atomic E-state index is 13.6. The van der Waals surface area contributed by atoms with E-state index in [1.54, 1.807) is 17.6 Å². The van der Waals surface area contributed by atoms with Crippen molar-refractivity contribution in [2.45, 2.75) is 19.4 Å². The van der Waals surface area contributed by atoms with Crippen LogP contribution in [0.1, 0.15) is 34.7 Å². The van der Waals surface area contributed by atoms with Gasteiger partial charge in [0.15, 0.2) is 5.13 Å². The number of anilines is 1. The number of nitrogens with zero attached hydrogens (tertiary/aromatic N) is 2. The molecular formula is C19H17FN4O2S. The van der Waals surface area contributed by atoms with E-state index in [0.717, 1.165) is 5.69 Å². The first-order valence-electron chi connectivity index (χ1n) is 8.23. The summed E-state index contributed by atoms with van der Waals surface area (Å²) in [6, 6.07) is 11.0. The lowest BCUT2D eigenvalue weighted by molar-refractivity contribution is -0.121. The van der Waals surface area contributed by atoms with E-state index in [4.69, 9.17) is 0 Å². The average molecular weight is 384 g/mol. The van der Waals surface area contributed by atoms with Crippen LogP contribution in [0, 0.1) is 5.82 Å². The number of hydrogen-bond donors (Lipinski definition) is 2.